The van der Waals surface area contributed by atoms with Gasteiger partial charge in [-0.2, -0.15) is 4.31 Å². The molecular weight excluding hydrogens is 574 g/mol. The Labute approximate surface area is 231 Å². The molecule has 204 valence electrons. The van der Waals surface area contributed by atoms with Crippen molar-refractivity contribution in [2.75, 3.05) is 52.5 Å². The van der Waals surface area contributed by atoms with Gasteiger partial charge >= 0.3 is 0 Å². The molecule has 0 saturated carbocycles. The zero-order chi connectivity index (χ0) is 27.4. The number of benzene rings is 2. The zero-order valence-corrected chi connectivity index (χ0v) is 23.9. The van der Waals surface area contributed by atoms with Gasteiger partial charge in [0.25, 0.3) is 11.7 Å². The SMILES string of the molecule is CCN(CC)CCN1C(=O)C(=O)C(=C(O)c2ccc(S(=O)(=O)N3CCOCC3)cc2)[C@@H]1c1ccc(Br)cc1. The van der Waals surface area contributed by atoms with Crippen molar-refractivity contribution in [1.82, 2.24) is 14.1 Å². The first-order chi connectivity index (χ1) is 18.2. The number of morpholine rings is 1. The summed E-state index contributed by atoms with van der Waals surface area (Å²) < 4.78 is 33.4. The predicted molar refractivity (Wildman–Crippen MR) is 147 cm³/mol. The van der Waals surface area contributed by atoms with Crippen LogP contribution in [0.4, 0.5) is 0 Å². The molecule has 2 saturated heterocycles. The van der Waals surface area contributed by atoms with E-state index in [1.54, 1.807) is 0 Å². The fraction of sp³-hybridized carbons (Fsp3) is 0.407. The van der Waals surface area contributed by atoms with Gasteiger partial charge in [-0.05, 0) is 55.1 Å². The Bertz CT molecular complexity index is 1300. The van der Waals surface area contributed by atoms with Crippen molar-refractivity contribution in [1.29, 1.82) is 0 Å². The lowest BCUT2D eigenvalue weighted by Crippen LogP contribution is -2.40. The van der Waals surface area contributed by atoms with Gasteiger partial charge in [-0.15, -0.1) is 0 Å². The molecule has 0 spiro atoms. The van der Waals surface area contributed by atoms with Crippen LogP contribution in [-0.4, -0.2) is 91.8 Å². The highest BCUT2D eigenvalue weighted by Crippen LogP contribution is 2.39. The maximum Gasteiger partial charge on any atom is 0.295 e. The van der Waals surface area contributed by atoms with Crippen LogP contribution in [0.1, 0.15) is 31.0 Å². The first-order valence-electron chi connectivity index (χ1n) is 12.6. The summed E-state index contributed by atoms with van der Waals surface area (Å²) in [7, 11) is -3.71. The van der Waals surface area contributed by atoms with Crippen LogP contribution >= 0.6 is 15.9 Å². The summed E-state index contributed by atoms with van der Waals surface area (Å²) in [5.41, 5.74) is 0.940. The molecule has 0 bridgehead atoms. The smallest absolute Gasteiger partial charge is 0.295 e. The number of ether oxygens (including phenoxy) is 1. The van der Waals surface area contributed by atoms with Gasteiger partial charge in [0.15, 0.2) is 0 Å². The Hall–Kier alpha value is -2.57. The van der Waals surface area contributed by atoms with Gasteiger partial charge in [0, 0.05) is 36.2 Å². The number of halogens is 1. The minimum absolute atomic E-state index is 0.0133. The summed E-state index contributed by atoms with van der Waals surface area (Å²) in [4.78, 5) is 30.2. The predicted octanol–water partition coefficient (Wildman–Crippen LogP) is 3.23. The van der Waals surface area contributed by atoms with E-state index in [0.29, 0.717) is 31.9 Å². The van der Waals surface area contributed by atoms with E-state index in [1.807, 2.05) is 38.1 Å². The van der Waals surface area contributed by atoms with E-state index in [0.717, 1.165) is 17.6 Å². The van der Waals surface area contributed by atoms with E-state index < -0.39 is 27.8 Å². The van der Waals surface area contributed by atoms with Crippen molar-refractivity contribution in [3.63, 3.8) is 0 Å². The van der Waals surface area contributed by atoms with Crippen LogP contribution in [0.5, 0.6) is 0 Å². The lowest BCUT2D eigenvalue weighted by atomic mass is 9.95. The van der Waals surface area contributed by atoms with E-state index in [-0.39, 0.29) is 34.9 Å². The number of hydrogen-bond donors (Lipinski definition) is 1. The van der Waals surface area contributed by atoms with E-state index in [2.05, 4.69) is 20.8 Å². The number of amides is 1. The Morgan fingerprint density at radius 1 is 1.03 bits per heavy atom. The molecule has 2 aromatic carbocycles. The average Bonchev–Trinajstić information content (AvgIpc) is 3.19. The van der Waals surface area contributed by atoms with Crippen molar-refractivity contribution < 1.29 is 27.9 Å². The fourth-order valence-corrected chi connectivity index (χ4v) is 6.44. The number of carbonyl (C=O) groups excluding carboxylic acids is 2. The second-order valence-corrected chi connectivity index (χ2v) is 12.0. The van der Waals surface area contributed by atoms with Crippen molar-refractivity contribution in [2.45, 2.75) is 24.8 Å². The van der Waals surface area contributed by atoms with Crippen LogP contribution in [0.2, 0.25) is 0 Å². The van der Waals surface area contributed by atoms with E-state index >= 15 is 0 Å². The van der Waals surface area contributed by atoms with Gasteiger partial charge in [-0.3, -0.25) is 9.59 Å². The molecule has 0 unspecified atom stereocenters. The fourth-order valence-electron chi connectivity index (χ4n) is 4.77. The molecule has 1 atom stereocenters. The molecule has 11 heteroatoms. The molecule has 2 aromatic rings. The molecule has 38 heavy (non-hydrogen) atoms. The average molecular weight is 607 g/mol. The highest BCUT2D eigenvalue weighted by Gasteiger charge is 2.46. The van der Waals surface area contributed by atoms with Crippen molar-refractivity contribution in [3.8, 4) is 0 Å². The van der Waals surface area contributed by atoms with Crippen LogP contribution in [0.3, 0.4) is 0 Å². The number of nitrogens with zero attached hydrogens (tertiary/aromatic N) is 3. The summed E-state index contributed by atoms with van der Waals surface area (Å²) in [6.45, 7) is 7.81. The van der Waals surface area contributed by atoms with Crippen LogP contribution in [0, 0.1) is 0 Å². The number of hydrogen-bond acceptors (Lipinski definition) is 7. The Morgan fingerprint density at radius 2 is 1.63 bits per heavy atom. The lowest BCUT2D eigenvalue weighted by molar-refractivity contribution is -0.140. The Balaban J connectivity index is 1.71. The number of ketones is 1. The number of sulfonamides is 1. The number of aliphatic hydroxyl groups is 1. The van der Waals surface area contributed by atoms with Crippen LogP contribution in [-0.2, 0) is 24.3 Å². The first-order valence-corrected chi connectivity index (χ1v) is 14.9. The number of likely N-dealkylation sites (tertiary alicyclic amines) is 1. The Morgan fingerprint density at radius 3 is 2.21 bits per heavy atom. The third kappa shape index (κ3) is 5.72. The first kappa shape index (κ1) is 28.4. The molecule has 2 heterocycles. The number of Topliss-reactive ketones (excluding diaryl/α,β-unsaturated/α-hetero) is 1. The maximum absolute atomic E-state index is 13.3. The third-order valence-corrected chi connectivity index (χ3v) is 9.45. The number of aliphatic hydroxyl groups excluding tert-OH is 1. The second kappa shape index (κ2) is 12.1. The van der Waals surface area contributed by atoms with Crippen LogP contribution in [0.15, 0.2) is 63.5 Å². The summed E-state index contributed by atoms with van der Waals surface area (Å²) in [6, 6.07) is 12.3. The number of carbonyl (C=O) groups is 2. The molecule has 2 aliphatic heterocycles. The van der Waals surface area contributed by atoms with Gasteiger partial charge in [0.1, 0.15) is 5.76 Å². The molecule has 1 amide bonds. The van der Waals surface area contributed by atoms with E-state index in [4.69, 9.17) is 4.74 Å². The van der Waals surface area contributed by atoms with Crippen LogP contribution < -0.4 is 0 Å². The maximum atomic E-state index is 13.3. The molecular formula is C27H32BrN3O6S. The molecule has 1 N–H and O–H groups in total. The zero-order valence-electron chi connectivity index (χ0n) is 21.5. The molecule has 2 fully saturated rings. The Kier molecular flexibility index (Phi) is 9.04. The minimum atomic E-state index is -3.71. The summed E-state index contributed by atoms with van der Waals surface area (Å²) >= 11 is 3.42. The van der Waals surface area contributed by atoms with Crippen molar-refractivity contribution in [3.05, 3.63) is 69.7 Å². The molecule has 0 aliphatic carbocycles. The molecule has 4 rings (SSSR count). The highest BCUT2D eigenvalue weighted by molar-refractivity contribution is 9.10. The topological polar surface area (TPSA) is 107 Å². The lowest BCUT2D eigenvalue weighted by Gasteiger charge is -2.28. The summed E-state index contributed by atoms with van der Waals surface area (Å²) in [5, 5.41) is 11.3. The minimum Gasteiger partial charge on any atom is -0.507 e. The summed E-state index contributed by atoms with van der Waals surface area (Å²) in [6.07, 6.45) is 0. The van der Waals surface area contributed by atoms with E-state index in [1.165, 1.54) is 33.5 Å². The van der Waals surface area contributed by atoms with Gasteiger partial charge in [-0.25, -0.2) is 8.42 Å². The molecule has 9 nitrogen and oxygen atoms in total. The highest BCUT2D eigenvalue weighted by atomic mass is 79.9. The van der Waals surface area contributed by atoms with Gasteiger partial charge in [0.2, 0.25) is 10.0 Å². The molecule has 0 aromatic heterocycles. The van der Waals surface area contributed by atoms with Gasteiger partial charge in [0.05, 0.1) is 29.7 Å². The van der Waals surface area contributed by atoms with Gasteiger partial charge in [-0.1, -0.05) is 41.9 Å². The third-order valence-electron chi connectivity index (χ3n) is 7.01. The normalized spacial score (nSPS) is 20.4. The second-order valence-electron chi connectivity index (χ2n) is 9.11. The standard InChI is InChI=1S/C27H32BrN3O6S/c1-3-29(4-2)13-14-31-24(19-5-9-21(28)10-6-19)23(26(33)27(31)34)25(32)20-7-11-22(12-8-20)38(35,36)30-15-17-37-18-16-30/h5-12,24,32H,3-4,13-18H2,1-2H3/t24-/m0/s1. The van der Waals surface area contributed by atoms with Gasteiger partial charge < -0.3 is 19.6 Å². The molecule has 2 aliphatic rings. The van der Waals surface area contributed by atoms with Crippen molar-refractivity contribution in [2.24, 2.45) is 0 Å². The molecule has 0 radical (unpaired) electrons. The van der Waals surface area contributed by atoms with Crippen LogP contribution in [0.25, 0.3) is 5.76 Å². The monoisotopic (exact) mass is 605 g/mol. The summed E-state index contributed by atoms with van der Waals surface area (Å²) in [5.74, 6) is -1.77. The largest absolute Gasteiger partial charge is 0.507 e. The van der Waals surface area contributed by atoms with E-state index in [9.17, 15) is 23.1 Å². The quantitative estimate of drug-likeness (QED) is 0.266. The number of likely N-dealkylation sites (N-methyl/N-ethyl adjacent to an activating group) is 1. The number of rotatable bonds is 9. The van der Waals surface area contributed by atoms with Crippen molar-refractivity contribution >= 4 is 43.4 Å².